The number of anilines is 1. The average Bonchev–Trinajstić information content (AvgIpc) is 2.86. The molecule has 0 fully saturated rings. The van der Waals surface area contributed by atoms with E-state index in [2.05, 4.69) is 5.32 Å². The third-order valence-corrected chi connectivity index (χ3v) is 7.84. The van der Waals surface area contributed by atoms with Crippen LogP contribution in [0.2, 0.25) is 15.1 Å². The number of carbonyl (C=O) groups is 2. The molecule has 2 amide bonds. The van der Waals surface area contributed by atoms with Crippen molar-refractivity contribution in [3.8, 4) is 0 Å². The first-order chi connectivity index (χ1) is 17.5. The van der Waals surface area contributed by atoms with Crippen molar-refractivity contribution in [1.82, 2.24) is 10.2 Å². The van der Waals surface area contributed by atoms with Gasteiger partial charge in [-0.3, -0.25) is 13.9 Å². The van der Waals surface area contributed by atoms with Crippen LogP contribution in [0.1, 0.15) is 11.1 Å². The van der Waals surface area contributed by atoms with Crippen LogP contribution >= 0.6 is 34.8 Å². The Balaban J connectivity index is 2.05. The first-order valence-electron chi connectivity index (χ1n) is 11.2. The molecule has 0 aliphatic heterocycles. The first-order valence-corrected chi connectivity index (χ1v) is 14.2. The lowest BCUT2D eigenvalue weighted by Gasteiger charge is -2.33. The predicted octanol–water partition coefficient (Wildman–Crippen LogP) is 4.80. The van der Waals surface area contributed by atoms with Crippen LogP contribution in [-0.4, -0.2) is 51.0 Å². The van der Waals surface area contributed by atoms with Gasteiger partial charge in [-0.05, 0) is 35.4 Å². The topological polar surface area (TPSA) is 86.8 Å². The van der Waals surface area contributed by atoms with Crippen LogP contribution in [0, 0.1) is 0 Å². The lowest BCUT2D eigenvalue weighted by Crippen LogP contribution is -2.52. The number of likely N-dealkylation sites (N-methyl/N-ethyl adjacent to an activating group) is 1. The number of sulfonamides is 1. The van der Waals surface area contributed by atoms with E-state index in [0.29, 0.717) is 15.6 Å². The lowest BCUT2D eigenvalue weighted by atomic mass is 10.0. The molecule has 1 unspecified atom stereocenters. The van der Waals surface area contributed by atoms with Crippen LogP contribution < -0.4 is 9.62 Å². The molecular formula is C26H26Cl3N3O4S. The van der Waals surface area contributed by atoms with E-state index in [4.69, 9.17) is 34.8 Å². The highest BCUT2D eigenvalue weighted by Crippen LogP contribution is 2.28. The molecule has 1 N–H and O–H groups in total. The van der Waals surface area contributed by atoms with Crippen LogP contribution in [0.4, 0.5) is 5.69 Å². The zero-order valence-corrected chi connectivity index (χ0v) is 23.3. The summed E-state index contributed by atoms with van der Waals surface area (Å²) in [5, 5.41) is 3.43. The largest absolute Gasteiger partial charge is 0.357 e. The van der Waals surface area contributed by atoms with Crippen molar-refractivity contribution in [3.63, 3.8) is 0 Å². The van der Waals surface area contributed by atoms with Gasteiger partial charge in [-0.1, -0.05) is 83.3 Å². The van der Waals surface area contributed by atoms with Gasteiger partial charge in [0.2, 0.25) is 21.8 Å². The van der Waals surface area contributed by atoms with E-state index in [1.807, 2.05) is 30.3 Å². The predicted molar refractivity (Wildman–Crippen MR) is 149 cm³/mol. The number of para-hydroxylation sites is 1. The van der Waals surface area contributed by atoms with Gasteiger partial charge in [-0.15, -0.1) is 0 Å². The minimum absolute atomic E-state index is 0.0131. The Labute approximate surface area is 232 Å². The first kappa shape index (κ1) is 28.8. The van der Waals surface area contributed by atoms with E-state index in [9.17, 15) is 18.0 Å². The Hall–Kier alpha value is -2.78. The van der Waals surface area contributed by atoms with Gasteiger partial charge in [-0.25, -0.2) is 8.42 Å². The van der Waals surface area contributed by atoms with Crippen molar-refractivity contribution in [2.45, 2.75) is 19.0 Å². The summed E-state index contributed by atoms with van der Waals surface area (Å²) in [6.45, 7) is -0.576. The molecule has 37 heavy (non-hydrogen) atoms. The Morgan fingerprint density at radius 2 is 1.51 bits per heavy atom. The highest BCUT2D eigenvalue weighted by atomic mass is 35.5. The number of hydrogen-bond acceptors (Lipinski definition) is 4. The second kappa shape index (κ2) is 12.6. The molecule has 0 saturated carbocycles. The normalized spacial score (nSPS) is 12.0. The maximum atomic E-state index is 13.8. The van der Waals surface area contributed by atoms with E-state index >= 15 is 0 Å². The molecule has 1 atom stereocenters. The van der Waals surface area contributed by atoms with Crippen molar-refractivity contribution in [3.05, 3.63) is 99.0 Å². The second-order valence-corrected chi connectivity index (χ2v) is 11.4. The molecule has 3 aromatic carbocycles. The standard InChI is InChI=1S/C26H26Cl3N3O4S/c1-30-26(34)24(15-18-8-4-3-5-9-18)31(16-19-12-13-20(27)22(29)14-19)25(33)17-32(37(2,35)36)23-11-7-6-10-21(23)28/h3-14,24H,15-17H2,1-2H3,(H,30,34). The summed E-state index contributed by atoms with van der Waals surface area (Å²) in [7, 11) is -2.42. The van der Waals surface area contributed by atoms with Crippen molar-refractivity contribution < 1.29 is 18.0 Å². The number of rotatable bonds is 10. The molecular weight excluding hydrogens is 557 g/mol. The molecule has 196 valence electrons. The Bertz CT molecular complexity index is 1370. The molecule has 0 aliphatic rings. The van der Waals surface area contributed by atoms with Crippen molar-refractivity contribution in [2.24, 2.45) is 0 Å². The molecule has 0 heterocycles. The molecule has 0 bridgehead atoms. The fourth-order valence-electron chi connectivity index (χ4n) is 3.80. The number of halogens is 3. The van der Waals surface area contributed by atoms with Crippen LogP contribution in [-0.2, 0) is 32.6 Å². The molecule has 0 radical (unpaired) electrons. The third kappa shape index (κ3) is 7.61. The summed E-state index contributed by atoms with van der Waals surface area (Å²) < 4.78 is 26.4. The average molecular weight is 583 g/mol. The van der Waals surface area contributed by atoms with Gasteiger partial charge in [-0.2, -0.15) is 0 Å². The van der Waals surface area contributed by atoms with E-state index in [1.54, 1.807) is 30.3 Å². The Morgan fingerprint density at radius 1 is 0.865 bits per heavy atom. The quantitative estimate of drug-likeness (QED) is 0.372. The van der Waals surface area contributed by atoms with Crippen molar-refractivity contribution in [2.75, 3.05) is 24.2 Å². The number of nitrogens with one attached hydrogen (secondary N) is 1. The zero-order valence-electron chi connectivity index (χ0n) is 20.2. The number of carbonyl (C=O) groups excluding carboxylic acids is 2. The van der Waals surface area contributed by atoms with Gasteiger partial charge in [0.25, 0.3) is 0 Å². The summed E-state index contributed by atoms with van der Waals surface area (Å²) in [4.78, 5) is 28.3. The number of hydrogen-bond donors (Lipinski definition) is 1. The lowest BCUT2D eigenvalue weighted by molar-refractivity contribution is -0.139. The summed E-state index contributed by atoms with van der Waals surface area (Å²) in [6, 6.07) is 19.5. The van der Waals surface area contributed by atoms with Gasteiger partial charge in [0.15, 0.2) is 0 Å². The maximum Gasteiger partial charge on any atom is 0.244 e. The van der Waals surface area contributed by atoms with Crippen LogP contribution in [0.25, 0.3) is 0 Å². The monoisotopic (exact) mass is 581 g/mol. The molecule has 11 heteroatoms. The van der Waals surface area contributed by atoms with Crippen molar-refractivity contribution in [1.29, 1.82) is 0 Å². The molecule has 0 aliphatic carbocycles. The highest BCUT2D eigenvalue weighted by Gasteiger charge is 2.33. The summed E-state index contributed by atoms with van der Waals surface area (Å²) in [5.74, 6) is -0.998. The molecule has 3 aromatic rings. The molecule has 0 spiro atoms. The summed E-state index contributed by atoms with van der Waals surface area (Å²) in [6.07, 6.45) is 1.20. The smallest absolute Gasteiger partial charge is 0.244 e. The maximum absolute atomic E-state index is 13.8. The van der Waals surface area contributed by atoms with Gasteiger partial charge in [0.05, 0.1) is 27.0 Å². The van der Waals surface area contributed by atoms with E-state index in [1.165, 1.54) is 24.1 Å². The van der Waals surface area contributed by atoms with Gasteiger partial charge < -0.3 is 10.2 Å². The summed E-state index contributed by atoms with van der Waals surface area (Å²) in [5.41, 5.74) is 1.61. The van der Waals surface area contributed by atoms with Gasteiger partial charge in [0.1, 0.15) is 12.6 Å². The van der Waals surface area contributed by atoms with Crippen LogP contribution in [0.5, 0.6) is 0 Å². The molecule has 3 rings (SSSR count). The number of amides is 2. The van der Waals surface area contributed by atoms with Crippen molar-refractivity contribution >= 4 is 62.3 Å². The van der Waals surface area contributed by atoms with Crippen LogP contribution in [0.15, 0.2) is 72.8 Å². The van der Waals surface area contributed by atoms with E-state index in [-0.39, 0.29) is 23.7 Å². The fourth-order valence-corrected chi connectivity index (χ4v) is 5.27. The SMILES string of the molecule is CNC(=O)C(Cc1ccccc1)N(Cc1ccc(Cl)c(Cl)c1)C(=O)CN(c1ccccc1Cl)S(C)(=O)=O. The summed E-state index contributed by atoms with van der Waals surface area (Å²) >= 11 is 18.5. The molecule has 0 aromatic heterocycles. The second-order valence-electron chi connectivity index (χ2n) is 8.31. The molecule has 7 nitrogen and oxygen atoms in total. The number of benzene rings is 3. The Kier molecular flexibility index (Phi) is 9.84. The zero-order chi connectivity index (χ0) is 27.2. The minimum Gasteiger partial charge on any atom is -0.357 e. The third-order valence-electron chi connectivity index (χ3n) is 5.65. The van der Waals surface area contributed by atoms with Gasteiger partial charge >= 0.3 is 0 Å². The fraction of sp³-hybridized carbons (Fsp3) is 0.231. The van der Waals surface area contributed by atoms with Gasteiger partial charge in [0, 0.05) is 20.0 Å². The molecule has 0 saturated heterocycles. The number of nitrogens with zero attached hydrogens (tertiary/aromatic N) is 2. The Morgan fingerprint density at radius 3 is 2.11 bits per heavy atom. The van der Waals surface area contributed by atoms with E-state index < -0.39 is 34.4 Å². The van der Waals surface area contributed by atoms with Crippen LogP contribution in [0.3, 0.4) is 0 Å². The van der Waals surface area contributed by atoms with E-state index in [0.717, 1.165) is 16.1 Å². The minimum atomic E-state index is -3.90. The highest BCUT2D eigenvalue weighted by molar-refractivity contribution is 7.92.